The van der Waals surface area contributed by atoms with Crippen molar-refractivity contribution in [2.24, 2.45) is 5.92 Å². The number of alkyl carbamates (subject to hydrolysis) is 1. The van der Waals surface area contributed by atoms with Crippen LogP contribution >= 0.6 is 0 Å². The Morgan fingerprint density at radius 3 is 1.36 bits per heavy atom. The number of esters is 3. The molecule has 24 nitrogen and oxygen atoms in total. The third-order valence-corrected chi connectivity index (χ3v) is 11.5. The molecular weight excluding hydrogens is 1100 g/mol. The second kappa shape index (κ2) is 32.9. The summed E-state index contributed by atoms with van der Waals surface area (Å²) in [7, 11) is 0. The van der Waals surface area contributed by atoms with Crippen LogP contribution in [0.4, 0.5) is 4.79 Å². The molecule has 0 spiro atoms. The fourth-order valence-electron chi connectivity index (χ4n) is 7.53. The Balaban J connectivity index is 2.59. The van der Waals surface area contributed by atoms with Gasteiger partial charge in [0.15, 0.2) is 0 Å². The predicted octanol–water partition coefficient (Wildman–Crippen LogP) is 5.16. The minimum atomic E-state index is -1.76. The lowest BCUT2D eigenvalue weighted by atomic mass is 10.0. The molecule has 0 radical (unpaired) electrons. The van der Waals surface area contributed by atoms with E-state index in [2.05, 4.69) is 37.2 Å². The van der Waals surface area contributed by atoms with Crippen LogP contribution in [0, 0.1) is 5.92 Å². The van der Waals surface area contributed by atoms with Gasteiger partial charge in [-0.1, -0.05) is 62.4 Å². The van der Waals surface area contributed by atoms with Crippen LogP contribution < -0.4 is 42.0 Å². The molecule has 0 fully saturated rings. The Bertz CT molecular complexity index is 2550. The maximum absolute atomic E-state index is 14.8. The average Bonchev–Trinajstić information content (AvgIpc) is 3.55. The van der Waals surface area contributed by atoms with Gasteiger partial charge in [0.1, 0.15) is 65.9 Å². The van der Waals surface area contributed by atoms with Gasteiger partial charge in [0.2, 0.25) is 35.4 Å². The zero-order valence-electron chi connectivity index (χ0n) is 53.2. The van der Waals surface area contributed by atoms with Crippen LogP contribution in [-0.4, -0.2) is 149 Å². The molecule has 0 saturated carbocycles. The fraction of sp³-hybridized carbons (Fsp3) is 0.639. The summed E-state index contributed by atoms with van der Waals surface area (Å²) in [6, 6.07) is 6.24. The lowest BCUT2D eigenvalue weighted by molar-refractivity contribution is -0.157. The molecule has 0 saturated heterocycles. The molecule has 2 aromatic carbocycles. The summed E-state index contributed by atoms with van der Waals surface area (Å²) in [5.74, 6) is -8.68. The van der Waals surface area contributed by atoms with E-state index < -0.39 is 161 Å². The van der Waals surface area contributed by atoms with Crippen LogP contribution in [-0.2, 0) is 78.2 Å². The number of rotatable bonds is 29. The third-order valence-electron chi connectivity index (χ3n) is 11.5. The molecule has 0 aliphatic rings. The van der Waals surface area contributed by atoms with Gasteiger partial charge in [-0.25, -0.2) is 9.59 Å². The Morgan fingerprint density at radius 1 is 0.447 bits per heavy atom. The standard InChI is InChI=1S/C61H95N7O17/c1-36(2)47(67-49(71)37(3)62-56(78)79-33-39-26-22-20-23-27-39)53(75)64-42(32-46(70)85-61(17,18)19)50(72)68-48(38(4)83-59(11,12)13)54(76)66-44(35-81-58(8,9)10)52(74)65-43(34-80-57(5,6)7)51(73)63-41(30-31-45(69)84-60(14,15)16)55(77)82-40-28-24-21-25-29-40/h20-29,36-38,41-44,47-48H,30-35H2,1-19H3,(H,62,78)(H,63,73)(H,64,75)(H,65,74)(H,66,76)(H,67,71)(H,68,72)/t37-,38+,41-,42-,43-,44-,47-,48-/m0/s1. The molecular formula is C61H95N7O17. The SMILES string of the molecule is CC(C)[C@H](NC(=O)[C@H](C)NC(=O)OCc1ccccc1)C(=O)N[C@@H](CC(=O)OC(C)(C)C)C(=O)N[C@H](C(=O)N[C@@H](COC(C)(C)C)C(=O)N[C@@H](COC(C)(C)C)C(=O)N[C@@H](CCC(=O)OC(C)(C)C)C(=O)Oc1ccccc1)[C@@H](C)OC(C)(C)C. The number of nitrogens with one attached hydrogen (secondary N) is 7. The summed E-state index contributed by atoms with van der Waals surface area (Å²) >= 11 is 0. The van der Waals surface area contributed by atoms with Crippen LogP contribution in [0.15, 0.2) is 60.7 Å². The van der Waals surface area contributed by atoms with Crippen molar-refractivity contribution in [3.63, 3.8) is 0 Å². The lowest BCUT2D eigenvalue weighted by Gasteiger charge is -2.33. The van der Waals surface area contributed by atoms with E-state index in [1.807, 2.05) is 0 Å². The highest BCUT2D eigenvalue weighted by Crippen LogP contribution is 2.18. The molecule has 8 atom stereocenters. The molecule has 7 amide bonds. The predicted molar refractivity (Wildman–Crippen MR) is 315 cm³/mol. The molecule has 2 aromatic rings. The summed E-state index contributed by atoms with van der Waals surface area (Å²) in [4.78, 5) is 139. The molecule has 0 bridgehead atoms. The van der Waals surface area contributed by atoms with Crippen LogP contribution in [0.1, 0.15) is 156 Å². The van der Waals surface area contributed by atoms with Crippen LogP contribution in [0.3, 0.4) is 0 Å². The van der Waals surface area contributed by atoms with Crippen LogP contribution in [0.5, 0.6) is 5.75 Å². The molecule has 0 aliphatic carbocycles. The van der Waals surface area contributed by atoms with E-state index >= 15 is 0 Å². The van der Waals surface area contributed by atoms with Crippen LogP contribution in [0.2, 0.25) is 0 Å². The van der Waals surface area contributed by atoms with Gasteiger partial charge >= 0.3 is 24.0 Å². The first-order valence-corrected chi connectivity index (χ1v) is 28.5. The fourth-order valence-corrected chi connectivity index (χ4v) is 7.53. The number of para-hydroxylation sites is 1. The number of ether oxygens (including phenoxy) is 7. The first-order valence-electron chi connectivity index (χ1n) is 28.5. The van der Waals surface area contributed by atoms with E-state index in [1.165, 1.54) is 26.0 Å². The summed E-state index contributed by atoms with van der Waals surface area (Å²) in [6.07, 6.45) is -3.44. The molecule has 24 heteroatoms. The van der Waals surface area contributed by atoms with Crippen molar-refractivity contribution in [2.75, 3.05) is 13.2 Å². The van der Waals surface area contributed by atoms with E-state index in [-0.39, 0.29) is 25.2 Å². The summed E-state index contributed by atoms with van der Waals surface area (Å²) in [5, 5.41) is 18.0. The van der Waals surface area contributed by atoms with Gasteiger partial charge in [0.05, 0.1) is 42.5 Å². The monoisotopic (exact) mass is 1200 g/mol. The zero-order chi connectivity index (χ0) is 64.8. The van der Waals surface area contributed by atoms with Crippen LogP contribution in [0.25, 0.3) is 0 Å². The minimum absolute atomic E-state index is 0.0706. The van der Waals surface area contributed by atoms with Gasteiger partial charge in [0.25, 0.3) is 0 Å². The third kappa shape index (κ3) is 31.0. The molecule has 0 aliphatic heterocycles. The van der Waals surface area contributed by atoms with Crippen molar-refractivity contribution in [3.8, 4) is 5.75 Å². The van der Waals surface area contributed by atoms with E-state index in [9.17, 15) is 47.9 Å². The number of amides is 7. The normalized spacial score (nSPS) is 14.9. The highest BCUT2D eigenvalue weighted by Gasteiger charge is 2.40. The number of carbonyl (C=O) groups excluding carboxylic acids is 10. The lowest BCUT2D eigenvalue weighted by Crippen LogP contribution is -2.63. The Morgan fingerprint density at radius 2 is 0.882 bits per heavy atom. The van der Waals surface area contributed by atoms with Gasteiger partial charge in [0, 0.05) is 6.42 Å². The Labute approximate surface area is 501 Å². The number of carbonyl (C=O) groups is 10. The van der Waals surface area contributed by atoms with E-state index in [0.29, 0.717) is 5.56 Å². The summed E-state index contributed by atoms with van der Waals surface area (Å²) < 4.78 is 40.0. The van der Waals surface area contributed by atoms with Crippen molar-refractivity contribution in [3.05, 3.63) is 66.2 Å². The van der Waals surface area contributed by atoms with E-state index in [4.69, 9.17) is 33.2 Å². The maximum Gasteiger partial charge on any atom is 0.408 e. The van der Waals surface area contributed by atoms with Gasteiger partial charge < -0.3 is 70.4 Å². The van der Waals surface area contributed by atoms with E-state index in [1.54, 1.807) is 166 Å². The van der Waals surface area contributed by atoms with Gasteiger partial charge in [-0.05, 0) is 148 Å². The zero-order valence-corrected chi connectivity index (χ0v) is 53.2. The largest absolute Gasteiger partial charge is 0.460 e. The smallest absolute Gasteiger partial charge is 0.408 e. The topological polar surface area (TPSA) is 320 Å². The van der Waals surface area contributed by atoms with Gasteiger partial charge in [-0.3, -0.25) is 38.4 Å². The molecule has 0 unspecified atom stereocenters. The Hall–Kier alpha value is -7.18. The highest BCUT2D eigenvalue weighted by molar-refractivity contribution is 5.98. The minimum Gasteiger partial charge on any atom is -0.460 e. The average molecular weight is 1200 g/mol. The van der Waals surface area contributed by atoms with Crippen molar-refractivity contribution in [1.82, 2.24) is 37.2 Å². The van der Waals surface area contributed by atoms with E-state index in [0.717, 1.165) is 0 Å². The first-order chi connectivity index (χ1) is 39.0. The summed E-state index contributed by atoms with van der Waals surface area (Å²) in [6.45, 7) is 30.1. The molecule has 0 heterocycles. The van der Waals surface area contributed by atoms with Crippen molar-refractivity contribution < 1.29 is 81.1 Å². The summed E-state index contributed by atoms with van der Waals surface area (Å²) in [5.41, 5.74) is -3.91. The van der Waals surface area contributed by atoms with Crippen molar-refractivity contribution in [2.45, 2.75) is 234 Å². The van der Waals surface area contributed by atoms with Gasteiger partial charge in [-0.2, -0.15) is 0 Å². The van der Waals surface area contributed by atoms with Gasteiger partial charge in [-0.15, -0.1) is 0 Å². The first kappa shape index (κ1) is 73.9. The number of benzene rings is 2. The molecule has 2 rings (SSSR count). The molecule has 0 aromatic heterocycles. The Kier molecular flexibility index (Phi) is 28.6. The second-order valence-corrected chi connectivity index (χ2v) is 25.8. The molecule has 7 N–H and O–H groups in total. The quantitative estimate of drug-likeness (QED) is 0.0314. The van der Waals surface area contributed by atoms with Crippen molar-refractivity contribution in [1.29, 1.82) is 0 Å². The molecule has 476 valence electrons. The second-order valence-electron chi connectivity index (χ2n) is 25.8. The highest BCUT2D eigenvalue weighted by atomic mass is 16.6. The number of hydrogen-bond acceptors (Lipinski definition) is 17. The number of hydrogen-bond donors (Lipinski definition) is 7. The van der Waals surface area contributed by atoms with Crippen molar-refractivity contribution >= 4 is 59.4 Å². The molecule has 85 heavy (non-hydrogen) atoms. The maximum atomic E-state index is 14.8.